The van der Waals surface area contributed by atoms with Gasteiger partial charge in [0.25, 0.3) is 0 Å². The summed E-state index contributed by atoms with van der Waals surface area (Å²) in [7, 11) is 0. The fourth-order valence-corrected chi connectivity index (χ4v) is 4.31. The zero-order valence-electron chi connectivity index (χ0n) is 18.0. The Morgan fingerprint density at radius 1 is 0.906 bits per heavy atom. The minimum absolute atomic E-state index is 0.0824. The zero-order chi connectivity index (χ0) is 22.8. The summed E-state index contributed by atoms with van der Waals surface area (Å²) in [5.41, 5.74) is 1.93. The molecule has 0 aliphatic carbocycles. The Morgan fingerprint density at radius 3 is 2.16 bits per heavy atom. The van der Waals surface area contributed by atoms with Crippen LogP contribution in [-0.2, 0) is 22.6 Å². The van der Waals surface area contributed by atoms with Gasteiger partial charge in [0.15, 0.2) is 0 Å². The average molecular weight is 467 g/mol. The largest absolute Gasteiger partial charge is 0.355 e. The molecule has 0 heterocycles. The van der Waals surface area contributed by atoms with Gasteiger partial charge >= 0.3 is 0 Å². The number of thioether (sulfide) groups is 1. The van der Waals surface area contributed by atoms with Crippen LogP contribution < -0.4 is 5.32 Å². The van der Waals surface area contributed by atoms with Gasteiger partial charge in [-0.2, -0.15) is 0 Å². The summed E-state index contributed by atoms with van der Waals surface area (Å²) in [5.74, 6) is 0.0202. The maximum absolute atomic E-state index is 13.4. The van der Waals surface area contributed by atoms with Crippen LogP contribution in [0.3, 0.4) is 0 Å². The number of rotatable bonds is 10. The highest BCUT2D eigenvalue weighted by Gasteiger charge is 2.30. The van der Waals surface area contributed by atoms with Crippen molar-refractivity contribution in [3.63, 3.8) is 0 Å². The molecule has 0 aromatic heterocycles. The van der Waals surface area contributed by atoms with Crippen LogP contribution in [0.2, 0.25) is 5.02 Å². The number of hydrogen-bond donors (Lipinski definition) is 1. The molecular formula is C26H27ClN2O2S. The lowest BCUT2D eigenvalue weighted by Gasteiger charge is -2.31. The summed E-state index contributed by atoms with van der Waals surface area (Å²) in [4.78, 5) is 29.2. The molecule has 0 radical (unpaired) electrons. The van der Waals surface area contributed by atoms with Crippen molar-refractivity contribution in [2.24, 2.45) is 0 Å². The normalized spacial score (nSPS) is 11.6. The van der Waals surface area contributed by atoms with E-state index >= 15 is 0 Å². The molecule has 0 saturated carbocycles. The third-order valence-corrected chi connectivity index (χ3v) is 6.24. The SMILES string of the molecule is CCNC(=O)[C@H](Cc1ccccc1)N(Cc1ccc(Cl)cc1)C(=O)CSc1ccccc1. The van der Waals surface area contributed by atoms with Gasteiger partial charge in [0.05, 0.1) is 5.75 Å². The molecule has 2 amide bonds. The summed E-state index contributed by atoms with van der Waals surface area (Å²) in [6.07, 6.45) is 0.446. The molecule has 1 N–H and O–H groups in total. The van der Waals surface area contributed by atoms with Crippen molar-refractivity contribution >= 4 is 35.2 Å². The number of nitrogens with one attached hydrogen (secondary N) is 1. The van der Waals surface area contributed by atoms with Crippen LogP contribution in [0.4, 0.5) is 0 Å². The summed E-state index contributed by atoms with van der Waals surface area (Å²) >= 11 is 7.52. The molecule has 0 bridgehead atoms. The maximum Gasteiger partial charge on any atom is 0.243 e. The molecule has 0 saturated heterocycles. The molecule has 0 aliphatic heterocycles. The van der Waals surface area contributed by atoms with Gasteiger partial charge in [-0.1, -0.05) is 72.3 Å². The number of hydrogen-bond acceptors (Lipinski definition) is 3. The van der Waals surface area contributed by atoms with Gasteiger partial charge < -0.3 is 10.2 Å². The van der Waals surface area contributed by atoms with Gasteiger partial charge in [0.1, 0.15) is 6.04 Å². The predicted molar refractivity (Wildman–Crippen MR) is 132 cm³/mol. The summed E-state index contributed by atoms with van der Waals surface area (Å²) in [5, 5.41) is 3.54. The van der Waals surface area contributed by atoms with Crippen LogP contribution in [0.5, 0.6) is 0 Å². The first-order chi connectivity index (χ1) is 15.6. The average Bonchev–Trinajstić information content (AvgIpc) is 2.82. The molecule has 0 spiro atoms. The highest BCUT2D eigenvalue weighted by molar-refractivity contribution is 8.00. The lowest BCUT2D eigenvalue weighted by atomic mass is 10.0. The van der Waals surface area contributed by atoms with Gasteiger partial charge in [-0.05, 0) is 42.3 Å². The van der Waals surface area contributed by atoms with E-state index in [-0.39, 0.29) is 17.6 Å². The van der Waals surface area contributed by atoms with Gasteiger partial charge in [0, 0.05) is 29.4 Å². The third kappa shape index (κ3) is 7.14. The van der Waals surface area contributed by atoms with E-state index in [2.05, 4.69) is 5.32 Å². The van der Waals surface area contributed by atoms with Crippen molar-refractivity contribution in [1.29, 1.82) is 0 Å². The zero-order valence-corrected chi connectivity index (χ0v) is 19.6. The van der Waals surface area contributed by atoms with Crippen molar-refractivity contribution in [2.45, 2.75) is 30.8 Å². The number of benzene rings is 3. The monoisotopic (exact) mass is 466 g/mol. The van der Waals surface area contributed by atoms with Crippen molar-refractivity contribution in [3.8, 4) is 0 Å². The van der Waals surface area contributed by atoms with Crippen molar-refractivity contribution in [1.82, 2.24) is 10.2 Å². The molecule has 1 atom stereocenters. The Hall–Kier alpha value is -2.76. The van der Waals surface area contributed by atoms with Crippen molar-refractivity contribution in [2.75, 3.05) is 12.3 Å². The predicted octanol–water partition coefficient (Wildman–Crippen LogP) is 5.21. The van der Waals surface area contributed by atoms with Crippen LogP contribution in [-0.4, -0.2) is 35.1 Å². The van der Waals surface area contributed by atoms with E-state index in [1.807, 2.05) is 79.7 Å². The molecule has 0 aliphatic rings. The second-order valence-electron chi connectivity index (χ2n) is 7.35. The number of nitrogens with zero attached hydrogens (tertiary/aromatic N) is 1. The number of carbonyl (C=O) groups is 2. The summed E-state index contributed by atoms with van der Waals surface area (Å²) < 4.78 is 0. The van der Waals surface area contributed by atoms with E-state index in [0.29, 0.717) is 24.5 Å². The Labute approximate surface area is 199 Å². The molecule has 3 aromatic carbocycles. The van der Waals surface area contributed by atoms with E-state index in [9.17, 15) is 9.59 Å². The molecular weight excluding hydrogens is 440 g/mol. The number of carbonyl (C=O) groups excluding carboxylic acids is 2. The number of halogens is 1. The van der Waals surface area contributed by atoms with E-state index < -0.39 is 6.04 Å². The van der Waals surface area contributed by atoms with Crippen LogP contribution in [0.1, 0.15) is 18.1 Å². The van der Waals surface area contributed by atoms with Gasteiger partial charge in [-0.15, -0.1) is 11.8 Å². The highest BCUT2D eigenvalue weighted by atomic mass is 35.5. The van der Waals surface area contributed by atoms with E-state index in [0.717, 1.165) is 16.0 Å². The van der Waals surface area contributed by atoms with Crippen LogP contribution in [0.15, 0.2) is 89.8 Å². The van der Waals surface area contributed by atoms with E-state index in [1.54, 1.807) is 17.0 Å². The minimum atomic E-state index is -0.614. The first kappa shape index (κ1) is 23.9. The molecule has 4 nitrogen and oxygen atoms in total. The summed E-state index contributed by atoms with van der Waals surface area (Å²) in [6.45, 7) is 2.72. The van der Waals surface area contributed by atoms with Crippen molar-refractivity contribution < 1.29 is 9.59 Å². The second kappa shape index (κ2) is 12.3. The molecule has 0 unspecified atom stereocenters. The number of amides is 2. The Kier molecular flexibility index (Phi) is 9.20. The lowest BCUT2D eigenvalue weighted by Crippen LogP contribution is -2.51. The van der Waals surface area contributed by atoms with Crippen LogP contribution in [0, 0.1) is 0 Å². The molecule has 3 aromatic rings. The minimum Gasteiger partial charge on any atom is -0.355 e. The fourth-order valence-electron chi connectivity index (χ4n) is 3.38. The van der Waals surface area contributed by atoms with Gasteiger partial charge in [-0.25, -0.2) is 0 Å². The van der Waals surface area contributed by atoms with E-state index in [4.69, 9.17) is 11.6 Å². The molecule has 0 fully saturated rings. The topological polar surface area (TPSA) is 49.4 Å². The van der Waals surface area contributed by atoms with Crippen LogP contribution >= 0.6 is 23.4 Å². The standard InChI is InChI=1S/C26H27ClN2O2S/c1-2-28-26(31)24(17-20-9-5-3-6-10-20)29(18-21-13-15-22(27)16-14-21)25(30)19-32-23-11-7-4-8-12-23/h3-16,24H,2,17-19H2,1H3,(H,28,31)/t24-/m0/s1. The quantitative estimate of drug-likeness (QED) is 0.417. The number of likely N-dealkylation sites (N-methyl/N-ethyl adjacent to an activating group) is 1. The van der Waals surface area contributed by atoms with Gasteiger partial charge in [-0.3, -0.25) is 9.59 Å². The Morgan fingerprint density at radius 2 is 1.53 bits per heavy atom. The maximum atomic E-state index is 13.4. The Bertz CT molecular complexity index is 997. The Balaban J connectivity index is 1.87. The lowest BCUT2D eigenvalue weighted by molar-refractivity contribution is -0.139. The first-order valence-electron chi connectivity index (χ1n) is 10.6. The third-order valence-electron chi connectivity index (χ3n) is 4.99. The fraction of sp³-hybridized carbons (Fsp3) is 0.231. The van der Waals surface area contributed by atoms with Crippen LogP contribution in [0.25, 0.3) is 0 Å². The first-order valence-corrected chi connectivity index (χ1v) is 12.0. The summed E-state index contributed by atoms with van der Waals surface area (Å²) in [6, 6.07) is 26.4. The van der Waals surface area contributed by atoms with Crippen molar-refractivity contribution in [3.05, 3.63) is 101 Å². The molecule has 32 heavy (non-hydrogen) atoms. The highest BCUT2D eigenvalue weighted by Crippen LogP contribution is 2.21. The molecule has 6 heteroatoms. The molecule has 3 rings (SSSR count). The molecule has 166 valence electrons. The second-order valence-corrected chi connectivity index (χ2v) is 8.84. The van der Waals surface area contributed by atoms with Gasteiger partial charge in [0.2, 0.25) is 11.8 Å². The smallest absolute Gasteiger partial charge is 0.243 e. The van der Waals surface area contributed by atoms with E-state index in [1.165, 1.54) is 11.8 Å².